The predicted octanol–water partition coefficient (Wildman–Crippen LogP) is 1.88. The summed E-state index contributed by atoms with van der Waals surface area (Å²) in [5, 5.41) is 6.52. The van der Waals surface area contributed by atoms with Gasteiger partial charge in [-0.25, -0.2) is 0 Å². The highest BCUT2D eigenvalue weighted by Crippen LogP contribution is 2.33. The average molecular weight is 492 g/mol. The third-order valence-corrected chi connectivity index (χ3v) is 4.43. The fraction of sp³-hybridized carbons (Fsp3) is 0.632. The van der Waals surface area contributed by atoms with E-state index in [1.54, 1.807) is 21.3 Å². The molecule has 0 radical (unpaired) electrons. The first kappa shape index (κ1) is 23.8. The summed E-state index contributed by atoms with van der Waals surface area (Å²) in [5.74, 6) is 2.44. The minimum Gasteiger partial charge on any atom is -0.493 e. The maximum absolute atomic E-state index is 5.43. The van der Waals surface area contributed by atoms with Crippen molar-refractivity contribution in [1.29, 1.82) is 0 Å². The van der Waals surface area contributed by atoms with Crippen LogP contribution in [0.4, 0.5) is 0 Å². The summed E-state index contributed by atoms with van der Waals surface area (Å²) in [6, 6.07) is 4.20. The normalized spacial score (nSPS) is 14.1. The molecule has 1 aliphatic rings. The second-order valence-electron chi connectivity index (χ2n) is 6.18. The number of nitrogens with zero attached hydrogens (tertiary/aromatic N) is 2. The van der Waals surface area contributed by atoms with Crippen LogP contribution in [0.25, 0.3) is 0 Å². The van der Waals surface area contributed by atoms with Gasteiger partial charge in [0.15, 0.2) is 17.5 Å². The first-order valence-corrected chi connectivity index (χ1v) is 9.19. The van der Waals surface area contributed by atoms with Crippen molar-refractivity contribution in [1.82, 2.24) is 15.5 Å². The van der Waals surface area contributed by atoms with Gasteiger partial charge >= 0.3 is 0 Å². The molecule has 0 atom stereocenters. The maximum atomic E-state index is 5.43. The Kier molecular flexibility index (Phi) is 11.5. The van der Waals surface area contributed by atoms with Gasteiger partial charge < -0.3 is 24.8 Å². The summed E-state index contributed by atoms with van der Waals surface area (Å²) >= 11 is 0. The van der Waals surface area contributed by atoms with Crippen LogP contribution in [-0.4, -0.2) is 71.5 Å². The largest absolute Gasteiger partial charge is 0.493 e. The second kappa shape index (κ2) is 13.0. The van der Waals surface area contributed by atoms with Crippen molar-refractivity contribution in [3.05, 3.63) is 23.3 Å². The third-order valence-electron chi connectivity index (χ3n) is 4.43. The lowest BCUT2D eigenvalue weighted by Gasteiger charge is -2.29. The van der Waals surface area contributed by atoms with Crippen LogP contribution in [0.5, 0.6) is 11.5 Å². The molecule has 0 saturated heterocycles. The van der Waals surface area contributed by atoms with Gasteiger partial charge in [-0.3, -0.25) is 9.89 Å². The predicted molar refractivity (Wildman–Crippen MR) is 120 cm³/mol. The summed E-state index contributed by atoms with van der Waals surface area (Å²) in [5.41, 5.74) is 2.65. The number of halogens is 1. The number of methoxy groups -OCH3 is 3. The molecule has 154 valence electrons. The van der Waals surface area contributed by atoms with Crippen LogP contribution < -0.4 is 20.1 Å². The van der Waals surface area contributed by atoms with Gasteiger partial charge in [-0.05, 0) is 36.6 Å². The molecule has 0 spiro atoms. The molecule has 2 rings (SSSR count). The molecule has 7 nitrogen and oxygen atoms in total. The zero-order valence-corrected chi connectivity index (χ0v) is 19.2. The molecule has 2 N–H and O–H groups in total. The van der Waals surface area contributed by atoms with E-state index in [1.807, 2.05) is 0 Å². The Balaban J connectivity index is 0.00000364. The van der Waals surface area contributed by atoms with Crippen molar-refractivity contribution >= 4 is 29.9 Å². The summed E-state index contributed by atoms with van der Waals surface area (Å²) < 4.78 is 15.9. The first-order chi connectivity index (χ1) is 12.7. The van der Waals surface area contributed by atoms with Gasteiger partial charge in [0.2, 0.25) is 0 Å². The number of hydrogen-bond acceptors (Lipinski definition) is 5. The molecular weight excluding hydrogens is 459 g/mol. The van der Waals surface area contributed by atoms with Crippen LogP contribution in [0.3, 0.4) is 0 Å². The lowest BCUT2D eigenvalue weighted by atomic mass is 9.99. The molecule has 8 heteroatoms. The minimum atomic E-state index is 0. The van der Waals surface area contributed by atoms with E-state index in [0.29, 0.717) is 6.61 Å². The second-order valence-corrected chi connectivity index (χ2v) is 6.18. The van der Waals surface area contributed by atoms with E-state index in [9.17, 15) is 0 Å². The van der Waals surface area contributed by atoms with Crippen LogP contribution in [0, 0.1) is 0 Å². The van der Waals surface area contributed by atoms with E-state index in [0.717, 1.165) is 63.1 Å². The summed E-state index contributed by atoms with van der Waals surface area (Å²) in [6.45, 7) is 7.96. The van der Waals surface area contributed by atoms with Gasteiger partial charge in [-0.2, -0.15) is 0 Å². The van der Waals surface area contributed by atoms with E-state index in [1.165, 1.54) is 11.1 Å². The number of nitrogens with one attached hydrogen (secondary N) is 2. The molecule has 27 heavy (non-hydrogen) atoms. The fourth-order valence-corrected chi connectivity index (χ4v) is 3.05. The van der Waals surface area contributed by atoms with Gasteiger partial charge in [-0.15, -0.1) is 24.0 Å². The molecule has 0 unspecified atom stereocenters. The smallest absolute Gasteiger partial charge is 0.191 e. The van der Waals surface area contributed by atoms with Crippen LogP contribution >= 0.6 is 24.0 Å². The highest BCUT2D eigenvalue weighted by molar-refractivity contribution is 14.0. The molecule has 0 saturated carbocycles. The van der Waals surface area contributed by atoms with Crippen molar-refractivity contribution in [2.24, 2.45) is 4.99 Å². The third kappa shape index (κ3) is 7.34. The molecule has 1 aromatic carbocycles. The van der Waals surface area contributed by atoms with Crippen molar-refractivity contribution in [2.45, 2.75) is 19.9 Å². The zero-order chi connectivity index (χ0) is 18.8. The maximum Gasteiger partial charge on any atom is 0.191 e. The Labute approximate surface area is 179 Å². The summed E-state index contributed by atoms with van der Waals surface area (Å²) in [4.78, 5) is 7.08. The van der Waals surface area contributed by atoms with Gasteiger partial charge in [0.1, 0.15) is 0 Å². The standard InChI is InChI=1S/C19H32N4O3.HI/c1-5-20-19(22-8-11-24-2)21-7-10-23-9-6-15-12-17(25-3)18(26-4)13-16(15)14-23;/h12-13H,5-11,14H2,1-4H3,(H2,20,21,22);1H. The van der Waals surface area contributed by atoms with Crippen molar-refractivity contribution in [3.63, 3.8) is 0 Å². The topological polar surface area (TPSA) is 67.4 Å². The monoisotopic (exact) mass is 492 g/mol. The lowest BCUT2D eigenvalue weighted by molar-refractivity contribution is 0.203. The van der Waals surface area contributed by atoms with Crippen LogP contribution in [0.1, 0.15) is 18.1 Å². The minimum absolute atomic E-state index is 0. The van der Waals surface area contributed by atoms with Gasteiger partial charge in [-0.1, -0.05) is 0 Å². The molecule has 0 aromatic heterocycles. The molecular formula is C19H33IN4O3. The van der Waals surface area contributed by atoms with E-state index in [4.69, 9.17) is 14.2 Å². The highest BCUT2D eigenvalue weighted by atomic mass is 127. The van der Waals surface area contributed by atoms with Crippen LogP contribution in [-0.2, 0) is 17.7 Å². The highest BCUT2D eigenvalue weighted by Gasteiger charge is 2.19. The summed E-state index contributed by atoms with van der Waals surface area (Å²) in [7, 11) is 5.06. The Morgan fingerprint density at radius 1 is 1.11 bits per heavy atom. The van der Waals surface area contributed by atoms with E-state index in [-0.39, 0.29) is 24.0 Å². The number of benzene rings is 1. The zero-order valence-electron chi connectivity index (χ0n) is 16.8. The van der Waals surface area contributed by atoms with Gasteiger partial charge in [0.25, 0.3) is 0 Å². The molecule has 1 aliphatic heterocycles. The lowest BCUT2D eigenvalue weighted by Crippen LogP contribution is -2.39. The quantitative estimate of drug-likeness (QED) is 0.238. The van der Waals surface area contributed by atoms with Gasteiger partial charge in [0.05, 0.1) is 27.4 Å². The molecule has 0 bridgehead atoms. The number of aliphatic imine (C=N–C) groups is 1. The number of fused-ring (bicyclic) bond motifs is 1. The van der Waals surface area contributed by atoms with Gasteiger partial charge in [0, 0.05) is 39.8 Å². The number of ether oxygens (including phenoxy) is 3. The number of hydrogen-bond donors (Lipinski definition) is 2. The van der Waals surface area contributed by atoms with Crippen LogP contribution in [0.15, 0.2) is 17.1 Å². The Bertz CT molecular complexity index is 599. The molecule has 0 aliphatic carbocycles. The van der Waals surface area contributed by atoms with Crippen molar-refractivity contribution < 1.29 is 14.2 Å². The van der Waals surface area contributed by atoms with E-state index in [2.05, 4.69) is 39.6 Å². The fourth-order valence-electron chi connectivity index (χ4n) is 3.05. The van der Waals surface area contributed by atoms with Crippen LogP contribution in [0.2, 0.25) is 0 Å². The Morgan fingerprint density at radius 2 is 1.81 bits per heavy atom. The molecule has 0 amide bonds. The SMILES string of the molecule is CCNC(=NCCN1CCc2cc(OC)c(OC)cc2C1)NCCOC.I. The Morgan fingerprint density at radius 3 is 2.44 bits per heavy atom. The first-order valence-electron chi connectivity index (χ1n) is 9.19. The molecule has 1 heterocycles. The van der Waals surface area contributed by atoms with E-state index >= 15 is 0 Å². The van der Waals surface area contributed by atoms with Crippen molar-refractivity contribution in [3.8, 4) is 11.5 Å². The number of rotatable bonds is 9. The Hall–Kier alpha value is -1.26. The average Bonchev–Trinajstić information content (AvgIpc) is 2.67. The summed E-state index contributed by atoms with van der Waals surface area (Å²) in [6.07, 6.45) is 1.02. The van der Waals surface area contributed by atoms with Crippen molar-refractivity contribution in [2.75, 3.05) is 60.7 Å². The molecule has 0 fully saturated rings. The van der Waals surface area contributed by atoms with E-state index < -0.39 is 0 Å². The molecule has 1 aromatic rings. The number of guanidine groups is 1.